The summed E-state index contributed by atoms with van der Waals surface area (Å²) >= 11 is 1.46. The fourth-order valence-electron chi connectivity index (χ4n) is 4.46. The third-order valence-electron chi connectivity index (χ3n) is 6.31. The lowest BCUT2D eigenvalue weighted by molar-refractivity contribution is -0.118. The average Bonchev–Trinajstić information content (AvgIpc) is 3.37. The number of fused-ring (bicyclic) bond motifs is 1. The highest BCUT2D eigenvalue weighted by Gasteiger charge is 2.24. The maximum absolute atomic E-state index is 13.0. The second kappa shape index (κ2) is 10.7. The van der Waals surface area contributed by atoms with Crippen LogP contribution in [0.15, 0.2) is 90.0 Å². The normalized spacial score (nSPS) is 12.2. The predicted octanol–water partition coefficient (Wildman–Crippen LogP) is 6.37. The summed E-state index contributed by atoms with van der Waals surface area (Å²) in [5, 5.41) is 10.7. The molecule has 0 bridgehead atoms. The van der Waals surface area contributed by atoms with E-state index in [1.165, 1.54) is 17.3 Å². The molecule has 5 nitrogen and oxygen atoms in total. The number of amides is 1. The molecule has 178 valence electrons. The molecule has 1 aliphatic heterocycles. The van der Waals surface area contributed by atoms with Crippen molar-refractivity contribution in [2.24, 2.45) is 0 Å². The quantitative estimate of drug-likeness (QED) is 0.281. The zero-order valence-corrected chi connectivity index (χ0v) is 20.8. The zero-order chi connectivity index (χ0) is 24.9. The second-order valence-electron chi connectivity index (χ2n) is 8.46. The van der Waals surface area contributed by atoms with E-state index in [2.05, 4.69) is 12.1 Å². The Balaban J connectivity index is 1.43. The van der Waals surface area contributed by atoms with Crippen LogP contribution in [0.3, 0.4) is 0 Å². The molecule has 0 atom stereocenters. The smallest absolute Gasteiger partial charge is 0.227 e. The van der Waals surface area contributed by atoms with E-state index in [1.807, 2.05) is 83.8 Å². The number of carbonyl (C=O) groups excluding carboxylic acids is 1. The van der Waals surface area contributed by atoms with Gasteiger partial charge >= 0.3 is 0 Å². The van der Waals surface area contributed by atoms with Crippen LogP contribution in [0.1, 0.15) is 17.5 Å². The molecule has 4 aromatic rings. The Morgan fingerprint density at radius 2 is 1.78 bits per heavy atom. The average molecular weight is 492 g/mol. The van der Waals surface area contributed by atoms with Crippen molar-refractivity contribution in [1.82, 2.24) is 4.98 Å². The fourth-order valence-corrected chi connectivity index (χ4v) is 5.39. The van der Waals surface area contributed by atoms with E-state index < -0.39 is 0 Å². The number of carbonyl (C=O) groups is 1. The van der Waals surface area contributed by atoms with E-state index in [0.717, 1.165) is 46.8 Å². The summed E-state index contributed by atoms with van der Waals surface area (Å²) in [5.74, 6) is 1.39. The third-order valence-corrected chi connectivity index (χ3v) is 7.29. The number of benzene rings is 3. The lowest BCUT2D eigenvalue weighted by atomic mass is 9.99. The lowest BCUT2D eigenvalue weighted by Crippen LogP contribution is -2.29. The van der Waals surface area contributed by atoms with Crippen molar-refractivity contribution >= 4 is 23.4 Å². The van der Waals surface area contributed by atoms with Crippen molar-refractivity contribution in [2.45, 2.75) is 17.9 Å². The summed E-state index contributed by atoms with van der Waals surface area (Å²) in [6, 6.07) is 30.0. The first kappa shape index (κ1) is 23.7. The fraction of sp³-hybridized carbons (Fsp3) is 0.167. The number of para-hydroxylation sites is 1. The van der Waals surface area contributed by atoms with Gasteiger partial charge in [-0.25, -0.2) is 4.98 Å². The van der Waals surface area contributed by atoms with Crippen LogP contribution >= 0.6 is 11.8 Å². The third kappa shape index (κ3) is 4.84. The first-order valence-corrected chi connectivity index (χ1v) is 12.8. The molecule has 0 N–H and O–H groups in total. The number of methoxy groups -OCH3 is 1. The summed E-state index contributed by atoms with van der Waals surface area (Å²) in [6.45, 7) is 0.718. The number of nitriles is 1. The molecule has 0 unspecified atom stereocenters. The summed E-state index contributed by atoms with van der Waals surface area (Å²) in [6.07, 6.45) is 1.26. The van der Waals surface area contributed by atoms with Crippen LogP contribution in [0.5, 0.6) is 5.75 Å². The van der Waals surface area contributed by atoms with Gasteiger partial charge in [-0.15, -0.1) is 11.8 Å². The maximum atomic E-state index is 13.0. The molecule has 5 rings (SSSR count). The summed E-state index contributed by atoms with van der Waals surface area (Å²) in [5.41, 5.74) is 6.24. The summed E-state index contributed by atoms with van der Waals surface area (Å²) in [4.78, 5) is 19.7. The standard InChI is InChI=1S/C30H25N3O2S/c1-35-24-13-11-21(12-14-24)25-19-27(22-7-3-2-4-8-22)32-30(26(25)20-31)36-18-16-29(34)33-17-15-23-9-5-6-10-28(23)33/h2-14,19H,15-18H2,1H3. The maximum Gasteiger partial charge on any atom is 0.227 e. The van der Waals surface area contributed by atoms with Crippen molar-refractivity contribution in [3.8, 4) is 34.2 Å². The van der Waals surface area contributed by atoms with E-state index >= 15 is 0 Å². The van der Waals surface area contributed by atoms with Crippen molar-refractivity contribution in [3.63, 3.8) is 0 Å². The van der Waals surface area contributed by atoms with Crippen LogP contribution in [0.25, 0.3) is 22.4 Å². The van der Waals surface area contributed by atoms with Crippen molar-refractivity contribution < 1.29 is 9.53 Å². The molecule has 1 aromatic heterocycles. The van der Waals surface area contributed by atoms with Crippen molar-refractivity contribution in [3.05, 3.63) is 96.1 Å². The molecule has 1 aliphatic rings. The monoisotopic (exact) mass is 491 g/mol. The second-order valence-corrected chi connectivity index (χ2v) is 9.55. The number of ether oxygens (including phenoxy) is 1. The van der Waals surface area contributed by atoms with Gasteiger partial charge in [-0.1, -0.05) is 60.7 Å². The Bertz CT molecular complexity index is 1430. The molecule has 0 saturated heterocycles. The lowest BCUT2D eigenvalue weighted by Gasteiger charge is -2.17. The Hall–Kier alpha value is -4.08. The van der Waals surface area contributed by atoms with E-state index in [9.17, 15) is 10.1 Å². The van der Waals surface area contributed by atoms with Crippen LogP contribution in [0.4, 0.5) is 5.69 Å². The van der Waals surface area contributed by atoms with Gasteiger partial charge in [0.15, 0.2) is 0 Å². The van der Waals surface area contributed by atoms with Gasteiger partial charge < -0.3 is 9.64 Å². The topological polar surface area (TPSA) is 66.2 Å². The van der Waals surface area contributed by atoms with Gasteiger partial charge in [0.25, 0.3) is 0 Å². The molecular formula is C30H25N3O2S. The number of thioether (sulfide) groups is 1. The Kier molecular flexibility index (Phi) is 7.01. The summed E-state index contributed by atoms with van der Waals surface area (Å²) in [7, 11) is 1.63. The molecule has 0 saturated carbocycles. The highest BCUT2D eigenvalue weighted by Crippen LogP contribution is 2.35. The number of hydrogen-bond acceptors (Lipinski definition) is 5. The number of rotatable bonds is 7. The van der Waals surface area contributed by atoms with Gasteiger partial charge in [0, 0.05) is 35.5 Å². The molecule has 0 radical (unpaired) electrons. The SMILES string of the molecule is COc1ccc(-c2cc(-c3ccccc3)nc(SCCC(=O)N3CCc4ccccc43)c2C#N)cc1. The van der Waals surface area contributed by atoms with Crippen LogP contribution in [0.2, 0.25) is 0 Å². The van der Waals surface area contributed by atoms with Crippen molar-refractivity contribution in [1.29, 1.82) is 5.26 Å². The minimum atomic E-state index is 0.0977. The molecule has 0 aliphatic carbocycles. The highest BCUT2D eigenvalue weighted by molar-refractivity contribution is 7.99. The van der Waals surface area contributed by atoms with E-state index in [-0.39, 0.29) is 5.91 Å². The summed E-state index contributed by atoms with van der Waals surface area (Å²) < 4.78 is 5.30. The zero-order valence-electron chi connectivity index (χ0n) is 20.0. The number of anilines is 1. The van der Waals surface area contributed by atoms with E-state index in [1.54, 1.807) is 7.11 Å². The number of pyridine rings is 1. The molecule has 2 heterocycles. The number of nitrogens with zero attached hydrogens (tertiary/aromatic N) is 3. The Morgan fingerprint density at radius 1 is 1.03 bits per heavy atom. The van der Waals surface area contributed by atoms with E-state index in [4.69, 9.17) is 9.72 Å². The molecule has 6 heteroatoms. The highest BCUT2D eigenvalue weighted by atomic mass is 32.2. The van der Waals surface area contributed by atoms with Gasteiger partial charge in [0.05, 0.1) is 18.4 Å². The van der Waals surface area contributed by atoms with Crippen LogP contribution < -0.4 is 9.64 Å². The minimum absolute atomic E-state index is 0.0977. The van der Waals surface area contributed by atoms with Crippen LogP contribution in [-0.2, 0) is 11.2 Å². The Labute approximate surface area is 215 Å². The van der Waals surface area contributed by atoms with Crippen LogP contribution in [0, 0.1) is 11.3 Å². The first-order chi connectivity index (χ1) is 17.7. The van der Waals surface area contributed by atoms with Gasteiger partial charge in [0.2, 0.25) is 5.91 Å². The van der Waals surface area contributed by atoms with Crippen LogP contribution in [-0.4, -0.2) is 30.3 Å². The largest absolute Gasteiger partial charge is 0.497 e. The number of hydrogen-bond donors (Lipinski definition) is 0. The molecule has 0 fully saturated rings. The first-order valence-electron chi connectivity index (χ1n) is 11.8. The molecule has 3 aromatic carbocycles. The van der Waals surface area contributed by atoms with Crippen molar-refractivity contribution in [2.75, 3.05) is 24.3 Å². The van der Waals surface area contributed by atoms with Gasteiger partial charge in [-0.05, 0) is 41.8 Å². The molecule has 0 spiro atoms. The number of aromatic nitrogens is 1. The molecule has 1 amide bonds. The predicted molar refractivity (Wildman–Crippen MR) is 144 cm³/mol. The Morgan fingerprint density at radius 3 is 2.53 bits per heavy atom. The minimum Gasteiger partial charge on any atom is -0.497 e. The van der Waals surface area contributed by atoms with Gasteiger partial charge in [-0.3, -0.25) is 4.79 Å². The van der Waals surface area contributed by atoms with Gasteiger partial charge in [-0.2, -0.15) is 5.26 Å². The molecule has 36 heavy (non-hydrogen) atoms. The van der Waals surface area contributed by atoms with E-state index in [0.29, 0.717) is 22.8 Å². The molecular weight excluding hydrogens is 466 g/mol. The van der Waals surface area contributed by atoms with Gasteiger partial charge in [0.1, 0.15) is 16.8 Å².